The summed E-state index contributed by atoms with van der Waals surface area (Å²) in [4.78, 5) is 24.2. The zero-order chi connectivity index (χ0) is 13.1. The summed E-state index contributed by atoms with van der Waals surface area (Å²) >= 11 is 3.53. The van der Waals surface area contributed by atoms with Crippen LogP contribution in [0.15, 0.2) is 36.4 Å². The topological polar surface area (TPSA) is 34.1 Å². The van der Waals surface area contributed by atoms with E-state index >= 15 is 0 Å². The summed E-state index contributed by atoms with van der Waals surface area (Å²) in [5.74, 6) is -0.224. The van der Waals surface area contributed by atoms with Crippen molar-refractivity contribution in [3.05, 3.63) is 58.7 Å². The van der Waals surface area contributed by atoms with Crippen LogP contribution < -0.4 is 0 Å². The molecule has 0 bridgehead atoms. The molecule has 2 aromatic rings. The minimum atomic E-state index is -0.112. The molecule has 2 aliphatic carbocycles. The number of benzene rings is 2. The summed E-state index contributed by atoms with van der Waals surface area (Å²) in [5.41, 5.74) is 3.30. The number of halogens is 1. The second-order valence-corrected chi connectivity index (χ2v) is 5.52. The van der Waals surface area contributed by atoms with Crippen LogP contribution in [0.25, 0.3) is 21.3 Å². The van der Waals surface area contributed by atoms with Gasteiger partial charge in [0, 0.05) is 21.0 Å². The van der Waals surface area contributed by atoms with Crippen molar-refractivity contribution in [3.63, 3.8) is 0 Å². The summed E-state index contributed by atoms with van der Waals surface area (Å²) < 4.78 is 0.989. The van der Waals surface area contributed by atoms with Gasteiger partial charge in [0.25, 0.3) is 0 Å². The zero-order valence-corrected chi connectivity index (χ0v) is 11.3. The molecule has 0 unspecified atom stereocenters. The van der Waals surface area contributed by atoms with E-state index in [0.29, 0.717) is 11.1 Å². The van der Waals surface area contributed by atoms with E-state index < -0.39 is 0 Å². The molecule has 19 heavy (non-hydrogen) atoms. The maximum Gasteiger partial charge on any atom is 0.186 e. The van der Waals surface area contributed by atoms with E-state index in [1.807, 2.05) is 18.2 Å². The lowest BCUT2D eigenvalue weighted by Crippen LogP contribution is -1.99. The van der Waals surface area contributed by atoms with Crippen LogP contribution in [-0.2, 0) is 0 Å². The van der Waals surface area contributed by atoms with Crippen LogP contribution in [0.4, 0.5) is 0 Å². The highest BCUT2D eigenvalue weighted by atomic mass is 79.9. The van der Waals surface area contributed by atoms with Crippen molar-refractivity contribution in [1.29, 1.82) is 0 Å². The molecule has 90 valence electrons. The second-order valence-electron chi connectivity index (χ2n) is 4.67. The number of hydrogen-bond acceptors (Lipinski definition) is 2. The van der Waals surface area contributed by atoms with Gasteiger partial charge in [-0.15, -0.1) is 0 Å². The Morgan fingerprint density at radius 3 is 2.00 bits per heavy atom. The molecule has 0 saturated heterocycles. The Morgan fingerprint density at radius 1 is 0.737 bits per heavy atom. The number of carbonyl (C=O) groups excluding carboxylic acids is 2. The van der Waals surface area contributed by atoms with Gasteiger partial charge < -0.3 is 0 Å². The molecule has 4 rings (SSSR count). The van der Waals surface area contributed by atoms with Gasteiger partial charge in [-0.1, -0.05) is 28.1 Å². The van der Waals surface area contributed by atoms with Gasteiger partial charge in [0.2, 0.25) is 0 Å². The average molecular weight is 311 g/mol. The summed E-state index contributed by atoms with van der Waals surface area (Å²) in [6.45, 7) is 0. The normalized spacial score (nSPS) is 15.9. The third-order valence-electron chi connectivity index (χ3n) is 3.65. The van der Waals surface area contributed by atoms with Crippen LogP contribution in [0.5, 0.6) is 0 Å². The second kappa shape index (κ2) is 3.52. The molecule has 0 amide bonds. The average Bonchev–Trinajstić information content (AvgIpc) is 2.68. The predicted octanol–water partition coefficient (Wildman–Crippen LogP) is 3.98. The molecule has 3 heteroatoms. The first kappa shape index (κ1) is 10.9. The van der Waals surface area contributed by atoms with E-state index in [0.717, 1.165) is 26.4 Å². The fourth-order valence-electron chi connectivity index (χ4n) is 2.80. The number of hydrogen-bond donors (Lipinski definition) is 0. The lowest BCUT2D eigenvalue weighted by atomic mass is 9.93. The molecule has 0 radical (unpaired) electrons. The third kappa shape index (κ3) is 1.31. The van der Waals surface area contributed by atoms with Crippen molar-refractivity contribution in [2.45, 2.75) is 0 Å². The summed E-state index contributed by atoms with van der Waals surface area (Å²) in [7, 11) is 0. The highest BCUT2D eigenvalue weighted by molar-refractivity contribution is 9.15. The lowest BCUT2D eigenvalue weighted by molar-refractivity contribution is 0.102. The van der Waals surface area contributed by atoms with Gasteiger partial charge in [-0.3, -0.25) is 9.59 Å². The minimum absolute atomic E-state index is 0.112. The monoisotopic (exact) mass is 310 g/mol. The SMILES string of the molecule is O=C1C=CC(=O)c2ccc3c4c(ccc1c24)C=C3Br. The molecule has 2 aliphatic rings. The predicted molar refractivity (Wildman–Crippen MR) is 78.5 cm³/mol. The van der Waals surface area contributed by atoms with E-state index in [-0.39, 0.29) is 11.6 Å². The van der Waals surface area contributed by atoms with Crippen LogP contribution in [0.2, 0.25) is 0 Å². The Balaban J connectivity index is 2.29. The number of rotatable bonds is 0. The molecule has 0 saturated carbocycles. The standard InChI is InChI=1S/C16H7BrO2/c17-12-7-8-1-2-10-13(18)5-6-14(19)11-4-3-9(12)15(8)16(10)11/h1-7H. The molecule has 0 atom stereocenters. The van der Waals surface area contributed by atoms with Crippen molar-refractivity contribution < 1.29 is 9.59 Å². The van der Waals surface area contributed by atoms with Crippen molar-refractivity contribution in [3.8, 4) is 0 Å². The van der Waals surface area contributed by atoms with E-state index in [9.17, 15) is 9.59 Å². The van der Waals surface area contributed by atoms with Gasteiger partial charge in [0.15, 0.2) is 11.6 Å². The van der Waals surface area contributed by atoms with Gasteiger partial charge in [0.05, 0.1) is 0 Å². The molecule has 0 N–H and O–H groups in total. The fraction of sp³-hybridized carbons (Fsp3) is 0. The quantitative estimate of drug-likeness (QED) is 0.737. The van der Waals surface area contributed by atoms with Crippen LogP contribution in [-0.4, -0.2) is 11.6 Å². The van der Waals surface area contributed by atoms with E-state index in [4.69, 9.17) is 0 Å². The maximum absolute atomic E-state index is 12.1. The molecular formula is C16H7BrO2. The van der Waals surface area contributed by atoms with Crippen LogP contribution in [0.1, 0.15) is 31.8 Å². The zero-order valence-electron chi connectivity index (χ0n) is 9.74. The van der Waals surface area contributed by atoms with Gasteiger partial charge >= 0.3 is 0 Å². The van der Waals surface area contributed by atoms with Crippen molar-refractivity contribution >= 4 is 48.8 Å². The molecule has 0 aliphatic heterocycles. The molecular weight excluding hydrogens is 304 g/mol. The van der Waals surface area contributed by atoms with E-state index in [2.05, 4.69) is 15.9 Å². The number of carbonyl (C=O) groups is 2. The largest absolute Gasteiger partial charge is 0.289 e. The highest BCUT2D eigenvalue weighted by Gasteiger charge is 2.24. The summed E-state index contributed by atoms with van der Waals surface area (Å²) in [5, 5.41) is 1.77. The van der Waals surface area contributed by atoms with Gasteiger partial charge in [-0.2, -0.15) is 0 Å². The summed E-state index contributed by atoms with van der Waals surface area (Å²) in [6, 6.07) is 7.47. The van der Waals surface area contributed by atoms with Crippen LogP contribution >= 0.6 is 15.9 Å². The molecule has 0 heterocycles. The first-order valence-corrected chi connectivity index (χ1v) is 6.70. The first-order valence-electron chi connectivity index (χ1n) is 5.91. The number of ketones is 2. The molecule has 0 aromatic heterocycles. The van der Waals surface area contributed by atoms with Gasteiger partial charge in [0.1, 0.15) is 0 Å². The van der Waals surface area contributed by atoms with Crippen LogP contribution in [0, 0.1) is 0 Å². The Hall–Kier alpha value is -2.00. The highest BCUT2D eigenvalue weighted by Crippen LogP contribution is 2.42. The third-order valence-corrected chi connectivity index (χ3v) is 4.31. The minimum Gasteiger partial charge on any atom is -0.289 e. The van der Waals surface area contributed by atoms with E-state index in [1.165, 1.54) is 12.2 Å². The van der Waals surface area contributed by atoms with Crippen LogP contribution in [0.3, 0.4) is 0 Å². The molecule has 0 fully saturated rings. The van der Waals surface area contributed by atoms with Crippen molar-refractivity contribution in [2.24, 2.45) is 0 Å². The van der Waals surface area contributed by atoms with Gasteiger partial charge in [-0.25, -0.2) is 0 Å². The van der Waals surface area contributed by atoms with Gasteiger partial charge in [-0.05, 0) is 46.9 Å². The molecule has 2 nitrogen and oxygen atoms in total. The smallest absolute Gasteiger partial charge is 0.186 e. The molecule has 2 aromatic carbocycles. The number of allylic oxidation sites excluding steroid dienone is 2. The Kier molecular flexibility index (Phi) is 2.01. The fourth-order valence-corrected chi connectivity index (χ4v) is 3.37. The molecule has 0 spiro atoms. The van der Waals surface area contributed by atoms with E-state index in [1.54, 1.807) is 12.1 Å². The Bertz CT molecular complexity index is 832. The lowest BCUT2D eigenvalue weighted by Gasteiger charge is -2.09. The summed E-state index contributed by atoms with van der Waals surface area (Å²) in [6.07, 6.45) is 4.74. The maximum atomic E-state index is 12.1. The first-order chi connectivity index (χ1) is 9.16. The Labute approximate surface area is 117 Å². The van der Waals surface area contributed by atoms with Crippen molar-refractivity contribution in [1.82, 2.24) is 0 Å². The van der Waals surface area contributed by atoms with Crippen molar-refractivity contribution in [2.75, 3.05) is 0 Å². The Morgan fingerprint density at radius 2 is 1.32 bits per heavy atom.